The van der Waals surface area contributed by atoms with Crippen molar-refractivity contribution in [3.63, 3.8) is 0 Å². The third-order valence-corrected chi connectivity index (χ3v) is 8.10. The maximum absolute atomic E-state index is 6.36. The predicted octanol–water partition coefficient (Wildman–Crippen LogP) is 6.33. The summed E-state index contributed by atoms with van der Waals surface area (Å²) >= 11 is 0. The molecule has 4 heteroatoms. The Bertz CT molecular complexity index is 518. The number of rotatable bonds is 12. The van der Waals surface area contributed by atoms with Crippen LogP contribution in [0.25, 0.3) is 0 Å². The van der Waals surface area contributed by atoms with Gasteiger partial charge in [0.25, 0.3) is 0 Å². The molecule has 4 unspecified atom stereocenters. The van der Waals surface area contributed by atoms with E-state index >= 15 is 0 Å². The summed E-state index contributed by atoms with van der Waals surface area (Å²) in [6, 6.07) is 1.19. The highest BCUT2D eigenvalue weighted by atomic mass is 16.5. The van der Waals surface area contributed by atoms with Gasteiger partial charge in [-0.05, 0) is 77.0 Å². The molecule has 4 atom stereocenters. The lowest BCUT2D eigenvalue weighted by Gasteiger charge is -2.50. The molecule has 32 heavy (non-hydrogen) atoms. The largest absolute Gasteiger partial charge is 0.378 e. The summed E-state index contributed by atoms with van der Waals surface area (Å²) in [5, 5.41) is 7.72. The first-order chi connectivity index (χ1) is 14.9. The average molecular weight is 453 g/mol. The normalized spacial score (nSPS) is 33.4. The van der Waals surface area contributed by atoms with Gasteiger partial charge in [-0.25, -0.2) is 0 Å². The first kappa shape index (κ1) is 28.1. The van der Waals surface area contributed by atoms with Crippen molar-refractivity contribution < 1.29 is 9.47 Å². The van der Waals surface area contributed by atoms with Crippen molar-refractivity contribution in [2.45, 2.75) is 149 Å². The minimum Gasteiger partial charge on any atom is -0.378 e. The fourth-order valence-electron chi connectivity index (χ4n) is 5.68. The van der Waals surface area contributed by atoms with Gasteiger partial charge in [0.1, 0.15) is 0 Å². The van der Waals surface area contributed by atoms with E-state index in [1.54, 1.807) is 0 Å². The molecular weight excluding hydrogens is 396 g/mol. The molecule has 0 bridgehead atoms. The van der Waals surface area contributed by atoms with Crippen LogP contribution in [0.5, 0.6) is 0 Å². The molecule has 4 nitrogen and oxygen atoms in total. The molecule has 2 aliphatic rings. The third-order valence-electron chi connectivity index (χ3n) is 8.10. The maximum Gasteiger partial charge on any atom is 0.0610 e. The van der Waals surface area contributed by atoms with Crippen LogP contribution in [-0.4, -0.2) is 48.6 Å². The molecule has 2 N–H and O–H groups in total. The Morgan fingerprint density at radius 1 is 0.719 bits per heavy atom. The topological polar surface area (TPSA) is 42.5 Å². The highest BCUT2D eigenvalue weighted by Gasteiger charge is 2.42. The van der Waals surface area contributed by atoms with Crippen molar-refractivity contribution in [2.75, 3.05) is 13.2 Å². The molecule has 0 aliphatic carbocycles. The number of ether oxygens (including phenoxy) is 2. The Hall–Kier alpha value is -0.160. The molecule has 2 heterocycles. The quantitative estimate of drug-likeness (QED) is 0.340. The van der Waals surface area contributed by atoms with E-state index in [1.165, 1.54) is 25.7 Å². The Morgan fingerprint density at radius 2 is 1.22 bits per heavy atom. The number of hydrogen-bond acceptors (Lipinski definition) is 4. The molecule has 0 radical (unpaired) electrons. The average Bonchev–Trinajstić information content (AvgIpc) is 2.68. The highest BCUT2D eigenvalue weighted by molar-refractivity contribution is 5.01. The molecule has 0 aromatic heterocycles. The summed E-state index contributed by atoms with van der Waals surface area (Å²) in [6.07, 6.45) is 10.2. The monoisotopic (exact) mass is 452 g/mol. The summed E-state index contributed by atoms with van der Waals surface area (Å²) in [7, 11) is 0. The zero-order valence-electron chi connectivity index (χ0n) is 22.9. The minimum absolute atomic E-state index is 0.150. The predicted molar refractivity (Wildman–Crippen MR) is 137 cm³/mol. The third kappa shape index (κ3) is 8.89. The van der Waals surface area contributed by atoms with Gasteiger partial charge in [-0.15, -0.1) is 0 Å². The molecule has 0 aromatic rings. The Balaban J connectivity index is 1.59. The summed E-state index contributed by atoms with van der Waals surface area (Å²) in [4.78, 5) is 0. The van der Waals surface area contributed by atoms with Crippen molar-refractivity contribution in [1.29, 1.82) is 0 Å². The molecular formula is C28H56N2O2. The number of unbranched alkanes of at least 4 members (excludes halogenated alkanes) is 3. The van der Waals surface area contributed by atoms with Gasteiger partial charge >= 0.3 is 0 Å². The van der Waals surface area contributed by atoms with Gasteiger partial charge in [-0.3, -0.25) is 0 Å². The molecule has 0 amide bonds. The van der Waals surface area contributed by atoms with E-state index in [1.807, 2.05) is 0 Å². The maximum atomic E-state index is 6.36. The van der Waals surface area contributed by atoms with E-state index in [4.69, 9.17) is 9.47 Å². The van der Waals surface area contributed by atoms with E-state index in [9.17, 15) is 0 Å². The lowest BCUT2D eigenvalue weighted by Crippen LogP contribution is -2.63. The van der Waals surface area contributed by atoms with Crippen LogP contribution in [0.1, 0.15) is 114 Å². The Labute approximate surface area is 200 Å². The van der Waals surface area contributed by atoms with E-state index < -0.39 is 0 Å². The Kier molecular flexibility index (Phi) is 11.0. The van der Waals surface area contributed by atoms with Gasteiger partial charge in [0.15, 0.2) is 0 Å². The van der Waals surface area contributed by atoms with Crippen LogP contribution >= 0.6 is 0 Å². The van der Waals surface area contributed by atoms with Crippen LogP contribution in [0.15, 0.2) is 0 Å². The lowest BCUT2D eigenvalue weighted by atomic mass is 9.74. The van der Waals surface area contributed by atoms with Crippen molar-refractivity contribution in [3.05, 3.63) is 0 Å². The summed E-state index contributed by atoms with van der Waals surface area (Å²) in [5.41, 5.74) is 0.318. The number of hydrogen-bond donors (Lipinski definition) is 2. The zero-order valence-corrected chi connectivity index (χ0v) is 22.9. The van der Waals surface area contributed by atoms with Crippen LogP contribution in [0.3, 0.4) is 0 Å². The molecule has 2 rings (SSSR count). The molecule has 0 saturated carbocycles. The highest BCUT2D eigenvalue weighted by Crippen LogP contribution is 2.35. The van der Waals surface area contributed by atoms with Gasteiger partial charge in [0.05, 0.1) is 12.2 Å². The van der Waals surface area contributed by atoms with E-state index in [0.29, 0.717) is 42.0 Å². The smallest absolute Gasteiger partial charge is 0.0610 e. The van der Waals surface area contributed by atoms with E-state index in [-0.39, 0.29) is 11.1 Å². The Morgan fingerprint density at radius 3 is 1.69 bits per heavy atom. The van der Waals surface area contributed by atoms with Gasteiger partial charge in [-0.1, -0.05) is 54.4 Å². The zero-order chi connectivity index (χ0) is 23.9. The van der Waals surface area contributed by atoms with Crippen LogP contribution in [-0.2, 0) is 9.47 Å². The van der Waals surface area contributed by atoms with Gasteiger partial charge in [0, 0.05) is 36.4 Å². The van der Waals surface area contributed by atoms with Crippen LogP contribution in [0, 0.1) is 17.8 Å². The van der Waals surface area contributed by atoms with Gasteiger partial charge in [-0.2, -0.15) is 0 Å². The molecule has 0 aromatic carbocycles. The summed E-state index contributed by atoms with van der Waals surface area (Å²) < 4.78 is 12.7. The first-order valence-electron chi connectivity index (χ1n) is 13.7. The molecule has 190 valence electrons. The summed E-state index contributed by atoms with van der Waals surface area (Å²) in [5.74, 6) is 1.96. The number of nitrogens with one attached hydrogen (secondary N) is 2. The van der Waals surface area contributed by atoms with Gasteiger partial charge in [0.2, 0.25) is 0 Å². The van der Waals surface area contributed by atoms with Gasteiger partial charge < -0.3 is 20.1 Å². The standard InChI is InChI=1S/C28H56N2O2/c1-20(2)25-16-23(17-26(29-25)21(3)4)31-14-12-10-11-13-15-32-24-18-27(7,8)30-28(9,19-24)22(5)6/h20-26,29-30H,10-19H2,1-9H3. The van der Waals surface area contributed by atoms with E-state index in [0.717, 1.165) is 38.9 Å². The number of piperidine rings is 2. The van der Waals surface area contributed by atoms with Crippen LogP contribution in [0.4, 0.5) is 0 Å². The van der Waals surface area contributed by atoms with Crippen molar-refractivity contribution in [1.82, 2.24) is 10.6 Å². The summed E-state index contributed by atoms with van der Waals surface area (Å²) in [6.45, 7) is 22.8. The lowest BCUT2D eigenvalue weighted by molar-refractivity contribution is -0.0378. The fraction of sp³-hybridized carbons (Fsp3) is 1.00. The molecule has 0 spiro atoms. The second kappa shape index (κ2) is 12.5. The van der Waals surface area contributed by atoms with Crippen molar-refractivity contribution in [2.24, 2.45) is 17.8 Å². The van der Waals surface area contributed by atoms with E-state index in [2.05, 4.69) is 72.9 Å². The SMILES string of the molecule is CC(C)C1CC(OCCCCCCOC2CC(C)(C)NC(C)(C(C)C)C2)CC(C(C)C)N1. The molecule has 2 aliphatic heterocycles. The fourth-order valence-corrected chi connectivity index (χ4v) is 5.68. The second-order valence-electron chi connectivity index (χ2n) is 12.7. The van der Waals surface area contributed by atoms with Crippen LogP contribution < -0.4 is 10.6 Å². The van der Waals surface area contributed by atoms with Crippen LogP contribution in [0.2, 0.25) is 0 Å². The van der Waals surface area contributed by atoms with Crippen molar-refractivity contribution >= 4 is 0 Å². The first-order valence-corrected chi connectivity index (χ1v) is 13.7. The minimum atomic E-state index is 0.150. The molecule has 2 saturated heterocycles. The second-order valence-corrected chi connectivity index (χ2v) is 12.7. The van der Waals surface area contributed by atoms with Crippen molar-refractivity contribution in [3.8, 4) is 0 Å². The molecule has 2 fully saturated rings.